The monoisotopic (exact) mass is 444 g/mol. The highest BCUT2D eigenvalue weighted by atomic mass is 79.9. The highest BCUT2D eigenvalue weighted by Crippen LogP contribution is 2.28. The predicted octanol–water partition coefficient (Wildman–Crippen LogP) is 5.15. The first-order valence-electron chi connectivity index (χ1n) is 7.30. The van der Waals surface area contributed by atoms with E-state index in [1.807, 2.05) is 11.3 Å². The van der Waals surface area contributed by atoms with Gasteiger partial charge < -0.3 is 4.90 Å². The van der Waals surface area contributed by atoms with Crippen LogP contribution in [-0.4, -0.2) is 37.0 Å². The molecule has 1 aromatic heterocycles. The topological polar surface area (TPSA) is 6.48 Å². The summed E-state index contributed by atoms with van der Waals surface area (Å²) in [5, 5.41) is 0. The van der Waals surface area contributed by atoms with E-state index in [1.54, 1.807) is 0 Å². The first-order valence-corrected chi connectivity index (χ1v) is 9.70. The average molecular weight is 446 g/mol. The number of thiophene rings is 1. The molecule has 2 rings (SSSR count). The summed E-state index contributed by atoms with van der Waals surface area (Å²) in [5.41, 5.74) is 2.69. The van der Waals surface area contributed by atoms with E-state index >= 15 is 0 Å². The number of aryl methyl sites for hydroxylation is 1. The van der Waals surface area contributed by atoms with Crippen LogP contribution in [0.3, 0.4) is 0 Å². The van der Waals surface area contributed by atoms with Gasteiger partial charge in [0, 0.05) is 35.5 Å². The van der Waals surface area contributed by atoms with Crippen molar-refractivity contribution < 1.29 is 0 Å². The van der Waals surface area contributed by atoms with Crippen LogP contribution in [0.2, 0.25) is 0 Å². The van der Waals surface area contributed by atoms with Crippen molar-refractivity contribution in [1.29, 1.82) is 0 Å². The van der Waals surface area contributed by atoms with Gasteiger partial charge in [0.25, 0.3) is 0 Å². The van der Waals surface area contributed by atoms with Crippen molar-refractivity contribution in [2.45, 2.75) is 20.0 Å². The molecular formula is C17H22Br2N2S. The Hall–Kier alpha value is -0.200. The van der Waals surface area contributed by atoms with Crippen LogP contribution < -0.4 is 0 Å². The molecule has 0 bridgehead atoms. The van der Waals surface area contributed by atoms with E-state index in [9.17, 15) is 0 Å². The molecule has 2 aromatic rings. The second kappa shape index (κ2) is 8.60. The fourth-order valence-corrected chi connectivity index (χ4v) is 4.16. The molecule has 5 heteroatoms. The van der Waals surface area contributed by atoms with Crippen molar-refractivity contribution in [3.05, 3.63) is 54.6 Å². The lowest BCUT2D eigenvalue weighted by atomic mass is 10.2. The molecule has 0 atom stereocenters. The van der Waals surface area contributed by atoms with Crippen LogP contribution in [0, 0.1) is 6.92 Å². The van der Waals surface area contributed by atoms with Gasteiger partial charge in [-0.1, -0.05) is 28.1 Å². The Labute approximate surface area is 154 Å². The molecule has 2 nitrogen and oxygen atoms in total. The minimum Gasteiger partial charge on any atom is -0.308 e. The fourth-order valence-electron chi connectivity index (χ4n) is 2.23. The van der Waals surface area contributed by atoms with E-state index in [0.717, 1.165) is 30.7 Å². The zero-order valence-electron chi connectivity index (χ0n) is 13.3. The van der Waals surface area contributed by atoms with Crippen molar-refractivity contribution in [1.82, 2.24) is 9.80 Å². The number of benzene rings is 1. The number of nitrogens with zero attached hydrogens (tertiary/aromatic N) is 2. The molecule has 120 valence electrons. The van der Waals surface area contributed by atoms with Crippen LogP contribution in [0.25, 0.3) is 0 Å². The lowest BCUT2D eigenvalue weighted by molar-refractivity contribution is 0.228. The first kappa shape index (κ1) is 18.1. The van der Waals surface area contributed by atoms with Crippen molar-refractivity contribution in [3.8, 4) is 0 Å². The summed E-state index contributed by atoms with van der Waals surface area (Å²) in [4.78, 5) is 6.17. The normalized spacial score (nSPS) is 11.6. The predicted molar refractivity (Wildman–Crippen MR) is 104 cm³/mol. The maximum absolute atomic E-state index is 3.63. The van der Waals surface area contributed by atoms with E-state index in [4.69, 9.17) is 0 Å². The van der Waals surface area contributed by atoms with Gasteiger partial charge in [0.05, 0.1) is 3.79 Å². The maximum atomic E-state index is 3.63. The van der Waals surface area contributed by atoms with Crippen molar-refractivity contribution in [2.75, 3.05) is 27.2 Å². The molecule has 22 heavy (non-hydrogen) atoms. The van der Waals surface area contributed by atoms with Crippen molar-refractivity contribution in [3.63, 3.8) is 0 Å². The van der Waals surface area contributed by atoms with Gasteiger partial charge in [-0.2, -0.15) is 0 Å². The number of halogens is 2. The van der Waals surface area contributed by atoms with Crippen molar-refractivity contribution >= 4 is 43.2 Å². The second-order valence-corrected chi connectivity index (χ2v) is 9.18. The van der Waals surface area contributed by atoms with E-state index in [2.05, 4.69) is 93.0 Å². The third-order valence-corrected chi connectivity index (χ3v) is 6.12. The third kappa shape index (κ3) is 5.78. The summed E-state index contributed by atoms with van der Waals surface area (Å²) >= 11 is 8.98. The molecule has 1 heterocycles. The Balaban J connectivity index is 2.06. The quantitative estimate of drug-likeness (QED) is 0.581. The molecule has 0 N–H and O–H groups in total. The number of likely N-dealkylation sites (N-methyl/N-ethyl adjacent to an activating group) is 1. The molecule has 0 aliphatic carbocycles. The van der Waals surface area contributed by atoms with E-state index in [-0.39, 0.29) is 0 Å². The molecule has 0 aliphatic rings. The number of hydrogen-bond donors (Lipinski definition) is 0. The molecule has 1 aromatic carbocycles. The Bertz CT molecular complexity index is 574. The van der Waals surface area contributed by atoms with Gasteiger partial charge in [-0.3, -0.25) is 4.90 Å². The molecule has 0 radical (unpaired) electrons. The summed E-state index contributed by atoms with van der Waals surface area (Å²) in [7, 11) is 4.26. The number of rotatable bonds is 7. The zero-order valence-corrected chi connectivity index (χ0v) is 17.3. The summed E-state index contributed by atoms with van der Waals surface area (Å²) in [6.45, 7) is 6.28. The van der Waals surface area contributed by atoms with Crippen LogP contribution >= 0.6 is 43.2 Å². The molecule has 0 unspecified atom stereocenters. The van der Waals surface area contributed by atoms with Crippen LogP contribution in [0.5, 0.6) is 0 Å². The molecule has 0 fully saturated rings. The summed E-state index contributed by atoms with van der Waals surface area (Å²) in [6, 6.07) is 10.9. The van der Waals surface area contributed by atoms with Gasteiger partial charge >= 0.3 is 0 Å². The van der Waals surface area contributed by atoms with Crippen LogP contribution in [0.15, 0.2) is 38.6 Å². The van der Waals surface area contributed by atoms with Gasteiger partial charge in [0.15, 0.2) is 0 Å². The standard InChI is InChI=1S/C17H22Br2N2S/c1-13-10-16(22-17(13)19)12-21(9-8-20(2)3)11-14-4-6-15(18)7-5-14/h4-7,10H,8-9,11-12H2,1-3H3. The van der Waals surface area contributed by atoms with Gasteiger partial charge in [0.1, 0.15) is 0 Å². The van der Waals surface area contributed by atoms with E-state index in [1.165, 1.54) is 19.8 Å². The van der Waals surface area contributed by atoms with E-state index in [0.29, 0.717) is 0 Å². The third-order valence-electron chi connectivity index (χ3n) is 3.47. The molecule has 0 aliphatic heterocycles. The molecule has 0 amide bonds. The Kier molecular flexibility index (Phi) is 7.09. The van der Waals surface area contributed by atoms with Crippen LogP contribution in [0.4, 0.5) is 0 Å². The van der Waals surface area contributed by atoms with Crippen LogP contribution in [-0.2, 0) is 13.1 Å². The van der Waals surface area contributed by atoms with Gasteiger partial charge in [-0.15, -0.1) is 11.3 Å². The Morgan fingerprint density at radius 3 is 2.23 bits per heavy atom. The minimum absolute atomic E-state index is 0.982. The molecule has 0 saturated carbocycles. The summed E-state index contributed by atoms with van der Waals surface area (Å²) < 4.78 is 2.38. The SMILES string of the molecule is Cc1cc(CN(CCN(C)C)Cc2ccc(Br)cc2)sc1Br. The van der Waals surface area contributed by atoms with E-state index < -0.39 is 0 Å². The highest BCUT2D eigenvalue weighted by Gasteiger charge is 2.11. The zero-order chi connectivity index (χ0) is 16.1. The van der Waals surface area contributed by atoms with Crippen LogP contribution in [0.1, 0.15) is 16.0 Å². The Morgan fingerprint density at radius 2 is 1.68 bits per heavy atom. The smallest absolute Gasteiger partial charge is 0.0730 e. The molecule has 0 spiro atoms. The van der Waals surface area contributed by atoms with Crippen molar-refractivity contribution in [2.24, 2.45) is 0 Å². The molecule has 0 saturated heterocycles. The summed E-state index contributed by atoms with van der Waals surface area (Å²) in [6.07, 6.45) is 0. The average Bonchev–Trinajstić information content (AvgIpc) is 2.77. The highest BCUT2D eigenvalue weighted by molar-refractivity contribution is 9.11. The first-order chi connectivity index (χ1) is 10.4. The lowest BCUT2D eigenvalue weighted by Gasteiger charge is -2.23. The number of hydrogen-bond acceptors (Lipinski definition) is 3. The Morgan fingerprint density at radius 1 is 1.00 bits per heavy atom. The van der Waals surface area contributed by atoms with Gasteiger partial charge in [0.2, 0.25) is 0 Å². The summed E-state index contributed by atoms with van der Waals surface area (Å²) in [5.74, 6) is 0. The van der Waals surface area contributed by atoms with Gasteiger partial charge in [-0.05, 0) is 66.3 Å². The largest absolute Gasteiger partial charge is 0.308 e. The minimum atomic E-state index is 0.982. The van der Waals surface area contributed by atoms with Gasteiger partial charge in [-0.25, -0.2) is 0 Å². The fraction of sp³-hybridized carbons (Fsp3) is 0.412. The second-order valence-electron chi connectivity index (χ2n) is 5.81. The molecular weight excluding hydrogens is 424 g/mol. The lowest BCUT2D eigenvalue weighted by Crippen LogP contribution is -2.30. The maximum Gasteiger partial charge on any atom is 0.0730 e.